The van der Waals surface area contributed by atoms with Crippen LogP contribution in [0.4, 0.5) is 10.1 Å². The number of halogens is 1. The molecule has 1 aromatic heterocycles. The summed E-state index contributed by atoms with van der Waals surface area (Å²) in [4.78, 5) is 33.1. The van der Waals surface area contributed by atoms with Gasteiger partial charge in [0.2, 0.25) is 5.91 Å². The first kappa shape index (κ1) is 19.4. The maximum absolute atomic E-state index is 13.3. The molecular formula is C23H19FN4O2. The van der Waals surface area contributed by atoms with Gasteiger partial charge in [0.15, 0.2) is 0 Å². The Morgan fingerprint density at radius 3 is 2.57 bits per heavy atom. The Labute approximate surface area is 172 Å². The van der Waals surface area contributed by atoms with E-state index >= 15 is 0 Å². The Morgan fingerprint density at radius 1 is 1.10 bits per heavy atom. The molecule has 1 aliphatic rings. The molecule has 150 valence electrons. The highest BCUT2D eigenvalue weighted by Gasteiger charge is 2.29. The van der Waals surface area contributed by atoms with Crippen molar-refractivity contribution < 1.29 is 14.0 Å². The molecule has 0 saturated carbocycles. The minimum absolute atomic E-state index is 0.116. The molecule has 6 nitrogen and oxygen atoms in total. The lowest BCUT2D eigenvalue weighted by atomic mass is 9.86. The molecule has 4 rings (SSSR count). The van der Waals surface area contributed by atoms with Crippen molar-refractivity contribution in [3.05, 3.63) is 89.9 Å². The van der Waals surface area contributed by atoms with E-state index in [0.29, 0.717) is 16.8 Å². The van der Waals surface area contributed by atoms with Crippen LogP contribution in [0.25, 0.3) is 11.1 Å². The lowest BCUT2D eigenvalue weighted by Gasteiger charge is -2.24. The Balaban J connectivity index is 1.62. The van der Waals surface area contributed by atoms with Crippen LogP contribution in [0.3, 0.4) is 0 Å². The summed E-state index contributed by atoms with van der Waals surface area (Å²) in [5.74, 6) is -1.34. The normalized spacial score (nSPS) is 15.9. The highest BCUT2D eigenvalue weighted by Crippen LogP contribution is 2.32. The number of hydrogen-bond acceptors (Lipinski definition) is 4. The molecule has 3 aromatic rings. The molecule has 1 aliphatic heterocycles. The molecule has 0 aliphatic carbocycles. The molecular weight excluding hydrogens is 383 g/mol. The third kappa shape index (κ3) is 4.10. The van der Waals surface area contributed by atoms with Crippen LogP contribution in [0, 0.1) is 12.7 Å². The first-order valence-corrected chi connectivity index (χ1v) is 9.43. The van der Waals surface area contributed by atoms with Crippen LogP contribution >= 0.6 is 0 Å². The van der Waals surface area contributed by atoms with Crippen LogP contribution in [0.5, 0.6) is 0 Å². The molecule has 2 N–H and O–H groups in total. The number of hydrogen-bond donors (Lipinski definition) is 2. The van der Waals surface area contributed by atoms with Gasteiger partial charge in [-0.2, -0.15) is 0 Å². The molecule has 2 aromatic carbocycles. The first-order valence-electron chi connectivity index (χ1n) is 9.43. The highest BCUT2D eigenvalue weighted by atomic mass is 19.1. The molecule has 0 bridgehead atoms. The van der Waals surface area contributed by atoms with E-state index in [2.05, 4.69) is 20.6 Å². The Morgan fingerprint density at radius 2 is 1.83 bits per heavy atom. The predicted molar refractivity (Wildman–Crippen MR) is 111 cm³/mol. The summed E-state index contributed by atoms with van der Waals surface area (Å²) in [6, 6.07) is 11.6. The van der Waals surface area contributed by atoms with Crippen LogP contribution in [-0.4, -0.2) is 21.8 Å². The lowest BCUT2D eigenvalue weighted by Crippen LogP contribution is -2.32. The number of nitrogens with one attached hydrogen (secondary N) is 2. The van der Waals surface area contributed by atoms with Crippen molar-refractivity contribution in [2.45, 2.75) is 19.3 Å². The van der Waals surface area contributed by atoms with E-state index in [1.54, 1.807) is 24.5 Å². The van der Waals surface area contributed by atoms with Crippen molar-refractivity contribution in [2.24, 2.45) is 0 Å². The molecule has 1 atom stereocenters. The van der Waals surface area contributed by atoms with Gasteiger partial charge in [-0.15, -0.1) is 0 Å². The van der Waals surface area contributed by atoms with Crippen molar-refractivity contribution in [1.82, 2.24) is 15.3 Å². The third-order valence-corrected chi connectivity index (χ3v) is 5.07. The van der Waals surface area contributed by atoms with E-state index < -0.39 is 5.92 Å². The van der Waals surface area contributed by atoms with Gasteiger partial charge in [0, 0.05) is 47.8 Å². The van der Waals surface area contributed by atoms with Crippen LogP contribution in [0.2, 0.25) is 0 Å². The SMILES string of the molecule is Cc1ccc(-c2cncnc2)cc1NC(=O)C1=CNC(=O)CC1c1ccc(F)cc1. The minimum Gasteiger partial charge on any atom is -0.332 e. The molecule has 0 fully saturated rings. The minimum atomic E-state index is -0.453. The number of rotatable bonds is 4. The number of nitrogens with zero attached hydrogens (tertiary/aromatic N) is 2. The molecule has 0 saturated heterocycles. The molecule has 1 unspecified atom stereocenters. The summed E-state index contributed by atoms with van der Waals surface area (Å²) >= 11 is 0. The smallest absolute Gasteiger partial charge is 0.253 e. The standard InChI is InChI=1S/C23H19FN4O2/c1-14-2-3-16(17-10-25-13-26-11-17)8-21(14)28-23(30)20-12-27-22(29)9-19(20)15-4-6-18(24)7-5-15/h2-8,10-13,19H,9H2,1H3,(H,27,29)(H,28,30). The van der Waals surface area contributed by atoms with Gasteiger partial charge in [0.05, 0.1) is 0 Å². The van der Waals surface area contributed by atoms with E-state index in [4.69, 9.17) is 0 Å². The number of aryl methyl sites for hydroxylation is 1. The fourth-order valence-corrected chi connectivity index (χ4v) is 3.41. The number of aromatic nitrogens is 2. The van der Waals surface area contributed by atoms with Crippen LogP contribution < -0.4 is 10.6 Å². The summed E-state index contributed by atoms with van der Waals surface area (Å²) in [6.45, 7) is 1.90. The van der Waals surface area contributed by atoms with E-state index in [9.17, 15) is 14.0 Å². The number of carbonyl (C=O) groups excluding carboxylic acids is 2. The van der Waals surface area contributed by atoms with Gasteiger partial charge >= 0.3 is 0 Å². The summed E-state index contributed by atoms with van der Waals surface area (Å²) in [5, 5.41) is 5.55. The van der Waals surface area contributed by atoms with E-state index in [1.165, 1.54) is 24.7 Å². The zero-order chi connectivity index (χ0) is 21.1. The fraction of sp³-hybridized carbons (Fsp3) is 0.130. The van der Waals surface area contributed by atoms with Crippen molar-refractivity contribution in [3.8, 4) is 11.1 Å². The van der Waals surface area contributed by atoms with Gasteiger partial charge < -0.3 is 10.6 Å². The van der Waals surface area contributed by atoms with E-state index in [-0.39, 0.29) is 24.1 Å². The predicted octanol–water partition coefficient (Wildman–Crippen LogP) is 3.72. The van der Waals surface area contributed by atoms with Crippen molar-refractivity contribution >= 4 is 17.5 Å². The number of anilines is 1. The van der Waals surface area contributed by atoms with Gasteiger partial charge in [0.1, 0.15) is 12.1 Å². The Kier molecular flexibility index (Phi) is 5.34. The molecule has 0 radical (unpaired) electrons. The van der Waals surface area contributed by atoms with Crippen molar-refractivity contribution in [3.63, 3.8) is 0 Å². The fourth-order valence-electron chi connectivity index (χ4n) is 3.41. The number of amides is 2. The monoisotopic (exact) mass is 402 g/mol. The number of carbonyl (C=O) groups is 2. The van der Waals surface area contributed by atoms with E-state index in [1.807, 2.05) is 25.1 Å². The first-order chi connectivity index (χ1) is 14.5. The van der Waals surface area contributed by atoms with Crippen LogP contribution in [0.1, 0.15) is 23.5 Å². The maximum Gasteiger partial charge on any atom is 0.253 e. The topological polar surface area (TPSA) is 84.0 Å². The van der Waals surface area contributed by atoms with Gasteiger partial charge in [-0.3, -0.25) is 9.59 Å². The maximum atomic E-state index is 13.3. The molecule has 2 amide bonds. The summed E-state index contributed by atoms with van der Waals surface area (Å²) in [7, 11) is 0. The average molecular weight is 402 g/mol. The third-order valence-electron chi connectivity index (χ3n) is 5.07. The van der Waals surface area contributed by atoms with Gasteiger partial charge in [-0.25, -0.2) is 14.4 Å². The molecule has 2 heterocycles. The second-order valence-electron chi connectivity index (χ2n) is 7.09. The molecule has 7 heteroatoms. The van der Waals surface area contributed by atoms with Gasteiger partial charge in [-0.1, -0.05) is 24.3 Å². The quantitative estimate of drug-likeness (QED) is 0.697. The van der Waals surface area contributed by atoms with Crippen molar-refractivity contribution in [1.29, 1.82) is 0 Å². The van der Waals surface area contributed by atoms with Crippen LogP contribution in [0.15, 0.2) is 73.0 Å². The molecule has 0 spiro atoms. The van der Waals surface area contributed by atoms with Gasteiger partial charge in [0.25, 0.3) is 5.91 Å². The second-order valence-corrected chi connectivity index (χ2v) is 7.09. The Hall–Kier alpha value is -3.87. The lowest BCUT2D eigenvalue weighted by molar-refractivity contribution is -0.121. The van der Waals surface area contributed by atoms with Gasteiger partial charge in [-0.05, 0) is 41.8 Å². The zero-order valence-electron chi connectivity index (χ0n) is 16.2. The van der Waals surface area contributed by atoms with Crippen molar-refractivity contribution in [2.75, 3.05) is 5.32 Å². The largest absolute Gasteiger partial charge is 0.332 e. The highest BCUT2D eigenvalue weighted by molar-refractivity contribution is 6.07. The summed E-state index contributed by atoms with van der Waals surface area (Å²) < 4.78 is 13.3. The second kappa shape index (κ2) is 8.24. The average Bonchev–Trinajstić information content (AvgIpc) is 2.76. The summed E-state index contributed by atoms with van der Waals surface area (Å²) in [5.41, 5.74) is 4.37. The van der Waals surface area contributed by atoms with Crippen LogP contribution in [-0.2, 0) is 9.59 Å². The summed E-state index contributed by atoms with van der Waals surface area (Å²) in [6.07, 6.45) is 6.41. The molecule has 30 heavy (non-hydrogen) atoms. The van der Waals surface area contributed by atoms with E-state index in [0.717, 1.165) is 16.7 Å². The zero-order valence-corrected chi connectivity index (χ0v) is 16.2. The Bertz CT molecular complexity index is 1130. The number of benzene rings is 2.